The highest BCUT2D eigenvalue weighted by Crippen LogP contribution is 2.54. The van der Waals surface area contributed by atoms with Crippen LogP contribution >= 0.6 is 11.8 Å². The number of hydrogen-bond acceptors (Lipinski definition) is 3. The van der Waals surface area contributed by atoms with E-state index in [1.807, 2.05) is 0 Å². The number of carbonyl (C=O) groups is 1. The Balaban J connectivity index is 1.63. The van der Waals surface area contributed by atoms with Crippen molar-refractivity contribution in [1.29, 1.82) is 0 Å². The second-order valence-electron chi connectivity index (χ2n) is 6.89. The molecule has 4 unspecified atom stereocenters. The lowest BCUT2D eigenvalue weighted by Crippen LogP contribution is -2.31. The molecule has 3 nitrogen and oxygen atoms in total. The van der Waals surface area contributed by atoms with Crippen molar-refractivity contribution in [3.8, 4) is 0 Å². The Bertz CT molecular complexity index is 334. The van der Waals surface area contributed by atoms with Gasteiger partial charge in [-0.15, -0.1) is 0 Å². The van der Waals surface area contributed by atoms with E-state index in [1.165, 1.54) is 44.9 Å². The molecule has 2 aliphatic rings. The minimum atomic E-state index is -0.659. The molecule has 22 heavy (non-hydrogen) atoms. The zero-order chi connectivity index (χ0) is 15.8. The van der Waals surface area contributed by atoms with Crippen LogP contribution in [-0.2, 0) is 9.53 Å². The molecule has 128 valence electrons. The van der Waals surface area contributed by atoms with Crippen LogP contribution in [0, 0.1) is 11.8 Å². The van der Waals surface area contributed by atoms with Gasteiger partial charge in [0.1, 0.15) is 0 Å². The van der Waals surface area contributed by atoms with E-state index in [4.69, 9.17) is 9.84 Å². The Hall–Kier alpha value is -0.220. The molecule has 0 amide bonds. The second-order valence-corrected chi connectivity index (χ2v) is 8.38. The van der Waals surface area contributed by atoms with Crippen LogP contribution in [0.25, 0.3) is 0 Å². The number of unbranched alkanes of at least 4 members (excludes halogenated alkanes) is 4. The molecule has 2 heterocycles. The summed E-state index contributed by atoms with van der Waals surface area (Å²) in [5, 5.41) is 10.4. The molecule has 0 aromatic carbocycles. The van der Waals surface area contributed by atoms with Crippen molar-refractivity contribution in [2.45, 2.75) is 81.6 Å². The molecule has 0 aliphatic carbocycles. The standard InChI is InChI=1S/C18H32O3S/c1-2-3-12-21-13-15-14(16-10-11-17(15)22-16)8-6-4-5-7-9-18(19)20/h14-17H,2-13H2,1H3,(H,19,20). The maximum Gasteiger partial charge on any atom is 0.303 e. The molecule has 0 saturated carbocycles. The van der Waals surface area contributed by atoms with Gasteiger partial charge in [-0.2, -0.15) is 11.8 Å². The van der Waals surface area contributed by atoms with Crippen LogP contribution in [0.4, 0.5) is 0 Å². The highest BCUT2D eigenvalue weighted by molar-refractivity contribution is 8.01. The van der Waals surface area contributed by atoms with E-state index in [2.05, 4.69) is 18.7 Å². The normalized spacial score (nSPS) is 30.0. The van der Waals surface area contributed by atoms with Crippen molar-refractivity contribution < 1.29 is 14.6 Å². The first kappa shape index (κ1) is 18.1. The first-order valence-electron chi connectivity index (χ1n) is 9.17. The molecule has 0 aromatic rings. The van der Waals surface area contributed by atoms with E-state index in [9.17, 15) is 4.79 Å². The number of thioether (sulfide) groups is 1. The lowest BCUT2D eigenvalue weighted by atomic mass is 9.77. The van der Waals surface area contributed by atoms with Gasteiger partial charge in [0.15, 0.2) is 0 Å². The van der Waals surface area contributed by atoms with Crippen molar-refractivity contribution in [2.75, 3.05) is 13.2 Å². The molecule has 4 atom stereocenters. The van der Waals surface area contributed by atoms with Crippen LogP contribution in [0.1, 0.15) is 71.1 Å². The summed E-state index contributed by atoms with van der Waals surface area (Å²) in [6.45, 7) is 4.11. The Kier molecular flexibility index (Phi) is 8.09. The summed E-state index contributed by atoms with van der Waals surface area (Å²) >= 11 is 2.23. The van der Waals surface area contributed by atoms with Gasteiger partial charge in [0.2, 0.25) is 0 Å². The average Bonchev–Trinajstić information content (AvgIpc) is 3.08. The monoisotopic (exact) mass is 328 g/mol. The number of ether oxygens (including phenoxy) is 1. The van der Waals surface area contributed by atoms with Gasteiger partial charge in [0, 0.05) is 23.5 Å². The van der Waals surface area contributed by atoms with Gasteiger partial charge in [0.05, 0.1) is 6.61 Å². The zero-order valence-corrected chi connectivity index (χ0v) is 14.8. The molecule has 0 radical (unpaired) electrons. The van der Waals surface area contributed by atoms with Crippen LogP contribution in [0.2, 0.25) is 0 Å². The Morgan fingerprint density at radius 2 is 1.82 bits per heavy atom. The van der Waals surface area contributed by atoms with Crippen molar-refractivity contribution in [3.05, 3.63) is 0 Å². The number of aliphatic carboxylic acids is 1. The molecular weight excluding hydrogens is 296 g/mol. The number of fused-ring (bicyclic) bond motifs is 2. The van der Waals surface area contributed by atoms with Gasteiger partial charge < -0.3 is 9.84 Å². The van der Waals surface area contributed by atoms with Crippen LogP contribution < -0.4 is 0 Å². The van der Waals surface area contributed by atoms with Crippen molar-refractivity contribution in [3.63, 3.8) is 0 Å². The molecule has 0 spiro atoms. The molecule has 2 saturated heterocycles. The maximum atomic E-state index is 10.5. The molecule has 0 aromatic heterocycles. The summed E-state index contributed by atoms with van der Waals surface area (Å²) in [7, 11) is 0. The number of hydrogen-bond donors (Lipinski definition) is 1. The fourth-order valence-corrected chi connectivity index (χ4v) is 5.99. The highest BCUT2D eigenvalue weighted by Gasteiger charge is 2.47. The number of rotatable bonds is 12. The Morgan fingerprint density at radius 1 is 1.09 bits per heavy atom. The van der Waals surface area contributed by atoms with Gasteiger partial charge >= 0.3 is 5.97 Å². The number of carboxylic acids is 1. The van der Waals surface area contributed by atoms with Crippen molar-refractivity contribution >= 4 is 17.7 Å². The predicted molar refractivity (Wildman–Crippen MR) is 92.4 cm³/mol. The minimum Gasteiger partial charge on any atom is -0.481 e. The fraction of sp³-hybridized carbons (Fsp3) is 0.944. The van der Waals surface area contributed by atoms with Crippen LogP contribution in [-0.4, -0.2) is 34.8 Å². The fourth-order valence-electron chi connectivity index (χ4n) is 3.98. The van der Waals surface area contributed by atoms with Gasteiger partial charge in [-0.1, -0.05) is 32.6 Å². The summed E-state index contributed by atoms with van der Waals surface area (Å²) in [4.78, 5) is 10.5. The van der Waals surface area contributed by atoms with Crippen LogP contribution in [0.15, 0.2) is 0 Å². The van der Waals surface area contributed by atoms with Crippen LogP contribution in [0.3, 0.4) is 0 Å². The van der Waals surface area contributed by atoms with Gasteiger partial charge in [-0.05, 0) is 43.9 Å². The van der Waals surface area contributed by atoms with Gasteiger partial charge in [-0.25, -0.2) is 0 Å². The second kappa shape index (κ2) is 9.82. The van der Waals surface area contributed by atoms with Gasteiger partial charge in [-0.3, -0.25) is 4.79 Å². The highest BCUT2D eigenvalue weighted by atomic mass is 32.2. The zero-order valence-electron chi connectivity index (χ0n) is 14.0. The van der Waals surface area contributed by atoms with E-state index in [1.54, 1.807) is 0 Å². The molecule has 1 N–H and O–H groups in total. The molecule has 2 fully saturated rings. The molecule has 2 aliphatic heterocycles. The third kappa shape index (κ3) is 5.45. The SMILES string of the molecule is CCCCOCC1C2CCC(S2)C1CCCCCCC(=O)O. The summed E-state index contributed by atoms with van der Waals surface area (Å²) in [5.41, 5.74) is 0. The molecular formula is C18H32O3S. The number of carboxylic acid groups (broad SMARTS) is 1. The lowest BCUT2D eigenvalue weighted by molar-refractivity contribution is -0.137. The predicted octanol–water partition coefficient (Wildman–Crippen LogP) is 4.74. The first-order chi connectivity index (χ1) is 10.7. The lowest BCUT2D eigenvalue weighted by Gasteiger charge is -2.29. The Morgan fingerprint density at radius 3 is 2.55 bits per heavy atom. The quantitative estimate of drug-likeness (QED) is 0.526. The van der Waals surface area contributed by atoms with Crippen molar-refractivity contribution in [2.24, 2.45) is 11.8 Å². The average molecular weight is 329 g/mol. The smallest absolute Gasteiger partial charge is 0.303 e. The summed E-state index contributed by atoms with van der Waals surface area (Å²) in [5.74, 6) is 0.971. The largest absolute Gasteiger partial charge is 0.481 e. The van der Waals surface area contributed by atoms with E-state index in [0.29, 0.717) is 6.42 Å². The molecule has 2 rings (SSSR count). The third-order valence-electron chi connectivity index (χ3n) is 5.22. The molecule has 4 heteroatoms. The minimum absolute atomic E-state index is 0.331. The van der Waals surface area contributed by atoms with Crippen LogP contribution in [0.5, 0.6) is 0 Å². The van der Waals surface area contributed by atoms with Gasteiger partial charge in [0.25, 0.3) is 0 Å². The van der Waals surface area contributed by atoms with Crippen molar-refractivity contribution in [1.82, 2.24) is 0 Å². The first-order valence-corrected chi connectivity index (χ1v) is 10.1. The summed E-state index contributed by atoms with van der Waals surface area (Å²) in [6, 6.07) is 0. The summed E-state index contributed by atoms with van der Waals surface area (Å²) in [6.07, 6.45) is 11.2. The maximum absolute atomic E-state index is 10.5. The topological polar surface area (TPSA) is 46.5 Å². The van der Waals surface area contributed by atoms with E-state index in [0.717, 1.165) is 48.4 Å². The van der Waals surface area contributed by atoms with E-state index in [-0.39, 0.29) is 0 Å². The third-order valence-corrected chi connectivity index (χ3v) is 7.09. The van der Waals surface area contributed by atoms with E-state index >= 15 is 0 Å². The Labute approximate surface area is 139 Å². The summed E-state index contributed by atoms with van der Waals surface area (Å²) < 4.78 is 5.93. The van der Waals surface area contributed by atoms with E-state index < -0.39 is 5.97 Å². The molecule has 2 bridgehead atoms.